The van der Waals surface area contributed by atoms with Crippen molar-refractivity contribution in [2.75, 3.05) is 24.6 Å². The molecule has 1 fully saturated rings. The molecule has 3 aromatic rings. The van der Waals surface area contributed by atoms with Gasteiger partial charge in [-0.1, -0.05) is 25.3 Å². The number of anilines is 1. The van der Waals surface area contributed by atoms with Crippen LogP contribution in [0.5, 0.6) is 6.01 Å². The van der Waals surface area contributed by atoms with Crippen LogP contribution in [0.25, 0.3) is 10.2 Å². The van der Waals surface area contributed by atoms with Gasteiger partial charge in [-0.15, -0.1) is 21.5 Å². The number of nitrogens with zero attached hydrogens (tertiary/aromatic N) is 6. The third-order valence-electron chi connectivity index (χ3n) is 5.42. The van der Waals surface area contributed by atoms with E-state index < -0.39 is 12.0 Å². The van der Waals surface area contributed by atoms with Crippen LogP contribution in [0.15, 0.2) is 6.07 Å². The molecule has 4 heterocycles. The Kier molecular flexibility index (Phi) is 6.36. The van der Waals surface area contributed by atoms with E-state index in [0.717, 1.165) is 27.6 Å². The molecule has 0 saturated heterocycles. The van der Waals surface area contributed by atoms with Crippen LogP contribution in [0.1, 0.15) is 42.7 Å². The van der Waals surface area contributed by atoms with E-state index in [0.29, 0.717) is 30.8 Å². The van der Waals surface area contributed by atoms with Crippen LogP contribution in [0.3, 0.4) is 0 Å². The van der Waals surface area contributed by atoms with Crippen molar-refractivity contribution < 1.29 is 17.9 Å². The smallest absolute Gasteiger partial charge is 0.451 e. The Labute approximate surface area is 197 Å². The van der Waals surface area contributed by atoms with Crippen molar-refractivity contribution in [3.05, 3.63) is 22.6 Å². The fourth-order valence-electron chi connectivity index (χ4n) is 3.71. The Morgan fingerprint density at radius 2 is 2.09 bits per heavy atom. The highest BCUT2D eigenvalue weighted by atomic mass is 32.2. The molecule has 5 rings (SSSR count). The summed E-state index contributed by atoms with van der Waals surface area (Å²) in [5.41, 5.74) is 0. The summed E-state index contributed by atoms with van der Waals surface area (Å²) < 4.78 is 49.9. The number of thiophene rings is 1. The number of rotatable bonds is 9. The standard InChI is InChI=1S/C20H24F3N7OS2/c1-2-3-13-10-14-16(29-7-8-30-15(11-29)27-28-18(30)20(21,22)23)25-19(26-17(14)32-13)31-9-6-24-33-12-4-5-12/h10,12,24H,2-9,11H2,1H3. The Morgan fingerprint density at radius 3 is 2.85 bits per heavy atom. The molecule has 0 spiro atoms. The fourth-order valence-corrected chi connectivity index (χ4v) is 5.63. The zero-order chi connectivity index (χ0) is 23.0. The van der Waals surface area contributed by atoms with Crippen molar-refractivity contribution in [1.29, 1.82) is 0 Å². The molecule has 1 aliphatic heterocycles. The first-order valence-electron chi connectivity index (χ1n) is 11.0. The second kappa shape index (κ2) is 9.26. The SMILES string of the molecule is CCCc1cc2c(N3CCn4c(nnc4C(F)(F)F)C3)nc(OCCNSC3CC3)nc2s1. The summed E-state index contributed by atoms with van der Waals surface area (Å²) >= 11 is 3.34. The molecule has 8 nitrogen and oxygen atoms in total. The minimum atomic E-state index is -4.52. The topological polar surface area (TPSA) is 81.0 Å². The van der Waals surface area contributed by atoms with Gasteiger partial charge in [-0.25, -0.2) is 0 Å². The quantitative estimate of drug-likeness (QED) is 0.349. The lowest BCUT2D eigenvalue weighted by molar-refractivity contribution is -0.147. The third kappa shape index (κ3) is 5.04. The minimum Gasteiger partial charge on any atom is -0.462 e. The van der Waals surface area contributed by atoms with Crippen LogP contribution in [0.2, 0.25) is 0 Å². The maximum absolute atomic E-state index is 13.2. The van der Waals surface area contributed by atoms with Crippen molar-refractivity contribution in [3.63, 3.8) is 0 Å². The highest BCUT2D eigenvalue weighted by Crippen LogP contribution is 2.36. The molecule has 0 bridgehead atoms. The molecule has 178 valence electrons. The lowest BCUT2D eigenvalue weighted by atomic mass is 10.2. The minimum absolute atomic E-state index is 0.132. The molecule has 33 heavy (non-hydrogen) atoms. The van der Waals surface area contributed by atoms with Crippen LogP contribution >= 0.6 is 23.3 Å². The van der Waals surface area contributed by atoms with Gasteiger partial charge in [-0.05, 0) is 25.3 Å². The number of hydrogen-bond acceptors (Lipinski definition) is 9. The predicted octanol–water partition coefficient (Wildman–Crippen LogP) is 4.05. The summed E-state index contributed by atoms with van der Waals surface area (Å²) in [5.74, 6) is -0.0174. The fraction of sp³-hybridized carbons (Fsp3) is 0.600. The van der Waals surface area contributed by atoms with Gasteiger partial charge in [0, 0.05) is 29.8 Å². The molecule has 3 aromatic heterocycles. The zero-order valence-corrected chi connectivity index (χ0v) is 19.7. The van der Waals surface area contributed by atoms with Crippen LogP contribution in [-0.4, -0.2) is 49.7 Å². The monoisotopic (exact) mass is 499 g/mol. The Balaban J connectivity index is 1.38. The number of halogens is 3. The molecule has 0 radical (unpaired) electrons. The largest absolute Gasteiger partial charge is 0.462 e. The number of hydrogen-bond donors (Lipinski definition) is 1. The Bertz CT molecular complexity index is 1130. The van der Waals surface area contributed by atoms with Crippen LogP contribution < -0.4 is 14.4 Å². The van der Waals surface area contributed by atoms with Crippen LogP contribution in [0.4, 0.5) is 19.0 Å². The molecule has 1 aliphatic carbocycles. The average molecular weight is 500 g/mol. The summed E-state index contributed by atoms with van der Waals surface area (Å²) in [6.07, 6.45) is -0.0637. The maximum atomic E-state index is 13.2. The number of alkyl halides is 3. The van der Waals surface area contributed by atoms with Gasteiger partial charge in [0.05, 0.1) is 11.9 Å². The normalized spacial score (nSPS) is 16.4. The van der Waals surface area contributed by atoms with E-state index in [1.54, 1.807) is 23.3 Å². The predicted molar refractivity (Wildman–Crippen MR) is 122 cm³/mol. The summed E-state index contributed by atoms with van der Waals surface area (Å²) in [4.78, 5) is 13.2. The second-order valence-electron chi connectivity index (χ2n) is 8.08. The average Bonchev–Trinajstić information content (AvgIpc) is 3.34. The van der Waals surface area contributed by atoms with Gasteiger partial charge in [-0.2, -0.15) is 23.1 Å². The number of nitrogens with one attached hydrogen (secondary N) is 1. The van der Waals surface area contributed by atoms with Gasteiger partial charge in [0.1, 0.15) is 17.3 Å². The highest BCUT2D eigenvalue weighted by Gasteiger charge is 2.39. The summed E-state index contributed by atoms with van der Waals surface area (Å²) in [6, 6.07) is 2.36. The third-order valence-corrected chi connectivity index (χ3v) is 7.68. The number of aromatic nitrogens is 5. The Morgan fingerprint density at radius 1 is 1.24 bits per heavy atom. The number of aryl methyl sites for hydroxylation is 1. The van der Waals surface area contributed by atoms with Gasteiger partial charge in [-0.3, -0.25) is 4.72 Å². The van der Waals surface area contributed by atoms with Gasteiger partial charge < -0.3 is 14.2 Å². The lowest BCUT2D eigenvalue weighted by Gasteiger charge is -2.29. The van der Waals surface area contributed by atoms with Crippen molar-refractivity contribution in [3.8, 4) is 6.01 Å². The maximum Gasteiger partial charge on any atom is 0.451 e. The van der Waals surface area contributed by atoms with E-state index in [1.165, 1.54) is 17.7 Å². The number of ether oxygens (including phenoxy) is 1. The molecule has 13 heteroatoms. The molecule has 0 atom stereocenters. The highest BCUT2D eigenvalue weighted by molar-refractivity contribution is 7.98. The van der Waals surface area contributed by atoms with E-state index in [2.05, 4.69) is 37.9 Å². The first kappa shape index (κ1) is 22.7. The molecule has 0 unspecified atom stereocenters. The molecule has 1 saturated carbocycles. The van der Waals surface area contributed by atoms with E-state index in [-0.39, 0.29) is 24.9 Å². The van der Waals surface area contributed by atoms with Crippen LogP contribution in [-0.2, 0) is 25.7 Å². The molecular weight excluding hydrogens is 475 g/mol. The lowest BCUT2D eigenvalue weighted by Crippen LogP contribution is -2.36. The molecule has 0 amide bonds. The number of fused-ring (bicyclic) bond motifs is 2. The van der Waals surface area contributed by atoms with Gasteiger partial charge >= 0.3 is 12.2 Å². The van der Waals surface area contributed by atoms with E-state index in [9.17, 15) is 13.2 Å². The van der Waals surface area contributed by atoms with E-state index >= 15 is 0 Å². The van der Waals surface area contributed by atoms with Gasteiger partial charge in [0.25, 0.3) is 0 Å². The molecule has 2 aliphatic rings. The van der Waals surface area contributed by atoms with Gasteiger partial charge in [0.15, 0.2) is 5.82 Å². The van der Waals surface area contributed by atoms with Crippen molar-refractivity contribution in [1.82, 2.24) is 29.5 Å². The Hall–Kier alpha value is -2.12. The first-order valence-corrected chi connectivity index (χ1v) is 12.7. The summed E-state index contributed by atoms with van der Waals surface area (Å²) in [5, 5.41) is 8.78. The van der Waals surface area contributed by atoms with E-state index in [1.807, 2.05) is 4.90 Å². The van der Waals surface area contributed by atoms with E-state index in [4.69, 9.17) is 4.74 Å². The first-order chi connectivity index (χ1) is 15.9. The van der Waals surface area contributed by atoms with Crippen LogP contribution in [0, 0.1) is 0 Å². The molecular formula is C20H24F3N7OS2. The van der Waals surface area contributed by atoms with Crippen molar-refractivity contribution in [2.24, 2.45) is 0 Å². The van der Waals surface area contributed by atoms with Gasteiger partial charge in [0.2, 0.25) is 5.82 Å². The summed E-state index contributed by atoms with van der Waals surface area (Å²) in [6.45, 7) is 3.91. The second-order valence-corrected chi connectivity index (χ2v) is 10.4. The van der Waals surface area contributed by atoms with Crippen molar-refractivity contribution in [2.45, 2.75) is 57.1 Å². The summed E-state index contributed by atoms with van der Waals surface area (Å²) in [7, 11) is 0. The van der Waals surface area contributed by atoms with Crippen molar-refractivity contribution >= 4 is 39.3 Å². The molecule has 1 N–H and O–H groups in total. The zero-order valence-electron chi connectivity index (χ0n) is 18.1. The molecule has 0 aromatic carbocycles.